The van der Waals surface area contributed by atoms with Gasteiger partial charge in [-0.05, 0) is 30.5 Å². The van der Waals surface area contributed by atoms with Gasteiger partial charge >= 0.3 is 0 Å². The summed E-state index contributed by atoms with van der Waals surface area (Å²) >= 11 is 0. The third-order valence-corrected chi connectivity index (χ3v) is 3.86. The lowest BCUT2D eigenvalue weighted by molar-refractivity contribution is -0.116. The minimum Gasteiger partial charge on any atom is -0.494 e. The Morgan fingerprint density at radius 1 is 1.19 bits per heavy atom. The molecule has 7 heteroatoms. The van der Waals surface area contributed by atoms with Crippen molar-refractivity contribution in [3.8, 4) is 17.2 Å². The van der Waals surface area contributed by atoms with Gasteiger partial charge in [0.15, 0.2) is 11.5 Å². The zero-order valence-electron chi connectivity index (χ0n) is 14.6. The molecular formula is C19H23ClN2O4. The molecule has 0 unspecified atom stereocenters. The molecule has 3 N–H and O–H groups in total. The molecule has 0 bridgehead atoms. The van der Waals surface area contributed by atoms with Gasteiger partial charge in [-0.1, -0.05) is 19.1 Å². The van der Waals surface area contributed by atoms with E-state index in [0.29, 0.717) is 42.3 Å². The Kier molecular flexibility index (Phi) is 6.97. The number of nitrogens with one attached hydrogen (secondary N) is 1. The normalized spacial score (nSPS) is 11.6. The van der Waals surface area contributed by atoms with E-state index in [0.717, 1.165) is 17.7 Å². The van der Waals surface area contributed by atoms with Crippen LogP contribution in [-0.2, 0) is 11.2 Å². The van der Waals surface area contributed by atoms with Gasteiger partial charge < -0.3 is 25.3 Å². The van der Waals surface area contributed by atoms with E-state index in [1.165, 1.54) is 0 Å². The van der Waals surface area contributed by atoms with Gasteiger partial charge in [0.2, 0.25) is 12.7 Å². The number of ether oxygens (including phenoxy) is 3. The van der Waals surface area contributed by atoms with Gasteiger partial charge in [-0.3, -0.25) is 4.79 Å². The second-order valence-electron chi connectivity index (χ2n) is 5.83. The molecule has 0 saturated heterocycles. The quantitative estimate of drug-likeness (QED) is 0.716. The highest BCUT2D eigenvalue weighted by atomic mass is 35.5. The fraction of sp³-hybridized carbons (Fsp3) is 0.316. The lowest BCUT2D eigenvalue weighted by Crippen LogP contribution is -2.13. The van der Waals surface area contributed by atoms with Crippen LogP contribution in [-0.4, -0.2) is 19.3 Å². The van der Waals surface area contributed by atoms with Gasteiger partial charge in [0.1, 0.15) is 5.75 Å². The number of nitrogens with two attached hydrogens (primary N) is 1. The van der Waals surface area contributed by atoms with Gasteiger partial charge in [0, 0.05) is 18.6 Å². The van der Waals surface area contributed by atoms with Gasteiger partial charge in [-0.15, -0.1) is 12.4 Å². The van der Waals surface area contributed by atoms with Gasteiger partial charge in [0.05, 0.1) is 18.0 Å². The number of nitrogen functional groups attached to an aromatic ring is 1. The summed E-state index contributed by atoms with van der Waals surface area (Å²) in [6.45, 7) is 2.95. The molecule has 140 valence electrons. The van der Waals surface area contributed by atoms with Crippen molar-refractivity contribution in [1.82, 2.24) is 0 Å². The van der Waals surface area contributed by atoms with Crippen LogP contribution in [0.5, 0.6) is 17.2 Å². The van der Waals surface area contributed by atoms with Crippen molar-refractivity contribution < 1.29 is 19.0 Å². The van der Waals surface area contributed by atoms with Crippen molar-refractivity contribution in [2.24, 2.45) is 0 Å². The number of hydrogen-bond acceptors (Lipinski definition) is 5. The summed E-state index contributed by atoms with van der Waals surface area (Å²) in [6, 6.07) is 11.2. The number of carbonyl (C=O) groups is 1. The van der Waals surface area contributed by atoms with Gasteiger partial charge in [-0.25, -0.2) is 0 Å². The Hall–Kier alpha value is -2.60. The summed E-state index contributed by atoms with van der Waals surface area (Å²) in [5.74, 6) is 1.94. The zero-order valence-corrected chi connectivity index (χ0v) is 15.4. The van der Waals surface area contributed by atoms with Crippen LogP contribution in [0.3, 0.4) is 0 Å². The zero-order chi connectivity index (χ0) is 17.6. The molecule has 0 aromatic heterocycles. The highest BCUT2D eigenvalue weighted by Gasteiger charge is 2.17. The molecule has 1 aliphatic heterocycles. The van der Waals surface area contributed by atoms with Crippen LogP contribution >= 0.6 is 12.4 Å². The molecule has 0 radical (unpaired) electrons. The number of benzene rings is 2. The largest absolute Gasteiger partial charge is 0.494 e. The summed E-state index contributed by atoms with van der Waals surface area (Å²) in [6.07, 6.45) is 1.98. The molecule has 0 fully saturated rings. The number of aryl methyl sites for hydroxylation is 1. The van der Waals surface area contributed by atoms with E-state index in [1.54, 1.807) is 12.1 Å². The van der Waals surface area contributed by atoms with Crippen molar-refractivity contribution in [3.63, 3.8) is 0 Å². The molecule has 3 rings (SSSR count). The molecule has 6 nitrogen and oxygen atoms in total. The van der Waals surface area contributed by atoms with Gasteiger partial charge in [-0.2, -0.15) is 0 Å². The number of anilines is 2. The van der Waals surface area contributed by atoms with E-state index in [4.69, 9.17) is 19.9 Å². The van der Waals surface area contributed by atoms with E-state index >= 15 is 0 Å². The number of rotatable bonds is 7. The molecule has 2 aromatic rings. The first-order valence-corrected chi connectivity index (χ1v) is 8.36. The van der Waals surface area contributed by atoms with Crippen LogP contribution in [0, 0.1) is 0 Å². The average Bonchev–Trinajstić information content (AvgIpc) is 3.06. The van der Waals surface area contributed by atoms with Crippen LogP contribution in [0.1, 0.15) is 25.3 Å². The van der Waals surface area contributed by atoms with E-state index in [9.17, 15) is 4.79 Å². The first kappa shape index (κ1) is 19.7. The number of hydrogen-bond donors (Lipinski definition) is 2. The molecule has 1 amide bonds. The third-order valence-electron chi connectivity index (χ3n) is 3.86. The Bertz CT molecular complexity index is 750. The summed E-state index contributed by atoms with van der Waals surface area (Å²) < 4.78 is 16.1. The fourth-order valence-electron chi connectivity index (χ4n) is 2.51. The standard InChI is InChI=1S/C19H22N2O4.ClH/c1-2-9-23-14-6-3-13(4-7-14)5-8-19(22)21-16-11-18-17(10-15(16)20)24-12-25-18;/h3-4,6-7,10-11H,2,5,8-9,12,20H2,1H3,(H,21,22);1H. The van der Waals surface area contributed by atoms with E-state index in [2.05, 4.69) is 12.2 Å². The fourth-order valence-corrected chi connectivity index (χ4v) is 2.51. The number of halogens is 1. The first-order chi connectivity index (χ1) is 12.2. The lowest BCUT2D eigenvalue weighted by Gasteiger charge is -2.10. The molecule has 1 heterocycles. The van der Waals surface area contributed by atoms with Crippen molar-refractivity contribution in [3.05, 3.63) is 42.0 Å². The Morgan fingerprint density at radius 3 is 2.58 bits per heavy atom. The van der Waals surface area contributed by atoms with Crippen LogP contribution in [0.25, 0.3) is 0 Å². The predicted molar refractivity (Wildman–Crippen MR) is 103 cm³/mol. The van der Waals surface area contributed by atoms with Crippen LogP contribution in [0.4, 0.5) is 11.4 Å². The first-order valence-electron chi connectivity index (χ1n) is 8.36. The summed E-state index contributed by atoms with van der Waals surface area (Å²) in [5, 5.41) is 2.83. The lowest BCUT2D eigenvalue weighted by atomic mass is 10.1. The van der Waals surface area contributed by atoms with Crippen molar-refractivity contribution >= 4 is 29.7 Å². The van der Waals surface area contributed by atoms with Gasteiger partial charge in [0.25, 0.3) is 0 Å². The van der Waals surface area contributed by atoms with Crippen molar-refractivity contribution in [1.29, 1.82) is 0 Å². The topological polar surface area (TPSA) is 82.8 Å². The molecule has 26 heavy (non-hydrogen) atoms. The average molecular weight is 379 g/mol. The molecule has 0 aliphatic carbocycles. The van der Waals surface area contributed by atoms with Crippen LogP contribution in [0.15, 0.2) is 36.4 Å². The van der Waals surface area contributed by atoms with Crippen molar-refractivity contribution in [2.45, 2.75) is 26.2 Å². The molecule has 2 aromatic carbocycles. The summed E-state index contributed by atoms with van der Waals surface area (Å²) in [5.41, 5.74) is 8.02. The second kappa shape index (κ2) is 9.20. The summed E-state index contributed by atoms with van der Waals surface area (Å²) in [7, 11) is 0. The van der Waals surface area contributed by atoms with E-state index in [-0.39, 0.29) is 25.1 Å². The summed E-state index contributed by atoms with van der Waals surface area (Å²) in [4.78, 5) is 12.2. The Balaban J connectivity index is 0.00000243. The molecule has 1 aliphatic rings. The number of carbonyl (C=O) groups excluding carboxylic acids is 1. The maximum atomic E-state index is 12.2. The highest BCUT2D eigenvalue weighted by molar-refractivity contribution is 5.94. The van der Waals surface area contributed by atoms with Crippen LogP contribution < -0.4 is 25.3 Å². The minimum atomic E-state index is -0.100. The molecule has 0 saturated carbocycles. The van der Waals surface area contributed by atoms with Crippen LogP contribution in [0.2, 0.25) is 0 Å². The van der Waals surface area contributed by atoms with Crippen molar-refractivity contribution in [2.75, 3.05) is 24.5 Å². The maximum absolute atomic E-state index is 12.2. The molecular weight excluding hydrogens is 356 g/mol. The predicted octanol–water partition coefficient (Wildman–Crippen LogP) is 3.78. The monoisotopic (exact) mass is 378 g/mol. The number of fused-ring (bicyclic) bond motifs is 1. The molecule has 0 atom stereocenters. The number of amides is 1. The Labute approximate surface area is 159 Å². The highest BCUT2D eigenvalue weighted by Crippen LogP contribution is 2.38. The SMILES string of the molecule is CCCOc1ccc(CCC(=O)Nc2cc3c(cc2N)OCO3)cc1.Cl. The van der Waals surface area contributed by atoms with E-state index < -0.39 is 0 Å². The third kappa shape index (κ3) is 4.95. The molecule has 0 spiro atoms. The Morgan fingerprint density at radius 2 is 1.88 bits per heavy atom. The second-order valence-corrected chi connectivity index (χ2v) is 5.83. The minimum absolute atomic E-state index is 0. The van der Waals surface area contributed by atoms with E-state index in [1.807, 2.05) is 24.3 Å². The smallest absolute Gasteiger partial charge is 0.231 e. The maximum Gasteiger partial charge on any atom is 0.231 e.